The van der Waals surface area contributed by atoms with Crippen LogP contribution < -0.4 is 15.0 Å². The summed E-state index contributed by atoms with van der Waals surface area (Å²) < 4.78 is 43.3. The molecule has 1 fully saturated rings. The van der Waals surface area contributed by atoms with Gasteiger partial charge in [0.25, 0.3) is 5.91 Å². The van der Waals surface area contributed by atoms with Crippen molar-refractivity contribution in [1.29, 1.82) is 0 Å². The highest BCUT2D eigenvalue weighted by atomic mass is 35.5. The zero-order valence-corrected chi connectivity index (χ0v) is 18.4. The maximum Gasteiger partial charge on any atom is 0.471 e. The van der Waals surface area contributed by atoms with E-state index in [9.17, 15) is 22.8 Å². The summed E-state index contributed by atoms with van der Waals surface area (Å²) in [6, 6.07) is 10.6. The van der Waals surface area contributed by atoms with Gasteiger partial charge < -0.3 is 19.9 Å². The van der Waals surface area contributed by atoms with E-state index in [1.165, 1.54) is 0 Å². The number of anilines is 2. The van der Waals surface area contributed by atoms with Gasteiger partial charge in [-0.25, -0.2) is 0 Å². The fourth-order valence-electron chi connectivity index (χ4n) is 3.53. The van der Waals surface area contributed by atoms with E-state index in [-0.39, 0.29) is 38.7 Å². The number of benzene rings is 2. The van der Waals surface area contributed by atoms with Crippen molar-refractivity contribution in [3.63, 3.8) is 0 Å². The predicted molar refractivity (Wildman–Crippen MR) is 116 cm³/mol. The first-order chi connectivity index (χ1) is 15.0. The third-order valence-electron chi connectivity index (χ3n) is 4.95. The van der Waals surface area contributed by atoms with Crippen LogP contribution in [-0.4, -0.2) is 55.7 Å². The second-order valence-corrected chi connectivity index (χ2v) is 8.01. The van der Waals surface area contributed by atoms with Crippen LogP contribution >= 0.6 is 11.6 Å². The van der Waals surface area contributed by atoms with Crippen LogP contribution in [-0.2, 0) is 9.59 Å². The average molecular weight is 470 g/mol. The van der Waals surface area contributed by atoms with Crippen molar-refractivity contribution in [2.75, 3.05) is 43.0 Å². The van der Waals surface area contributed by atoms with Gasteiger partial charge in [-0.05, 0) is 55.3 Å². The van der Waals surface area contributed by atoms with Gasteiger partial charge in [-0.1, -0.05) is 17.7 Å². The number of rotatable bonds is 5. The van der Waals surface area contributed by atoms with E-state index in [0.717, 1.165) is 16.0 Å². The molecule has 2 amide bonds. The van der Waals surface area contributed by atoms with Crippen LogP contribution in [0.25, 0.3) is 0 Å². The van der Waals surface area contributed by atoms with Gasteiger partial charge in [-0.3, -0.25) is 9.59 Å². The van der Waals surface area contributed by atoms with Crippen molar-refractivity contribution in [3.8, 4) is 5.75 Å². The van der Waals surface area contributed by atoms with E-state index in [0.29, 0.717) is 22.1 Å². The molecular weight excluding hydrogens is 447 g/mol. The smallest absolute Gasteiger partial charge is 0.471 e. The Balaban J connectivity index is 1.55. The molecule has 1 saturated heterocycles. The number of ether oxygens (including phenoxy) is 1. The predicted octanol–water partition coefficient (Wildman–Crippen LogP) is 4.19. The SMILES string of the molecule is Cc1cc(C)cc(OCC(=O)Nc2ccc(N3CCN(C(=O)C(F)(F)F)CC3)c(Cl)c2)c1. The van der Waals surface area contributed by atoms with Crippen LogP contribution in [0, 0.1) is 13.8 Å². The highest BCUT2D eigenvalue weighted by Gasteiger charge is 2.43. The Labute approximate surface area is 188 Å². The Bertz CT molecular complexity index is 985. The van der Waals surface area contributed by atoms with Gasteiger partial charge in [0, 0.05) is 31.9 Å². The summed E-state index contributed by atoms with van der Waals surface area (Å²) in [7, 11) is 0. The van der Waals surface area contributed by atoms with Crippen LogP contribution in [0.3, 0.4) is 0 Å². The topological polar surface area (TPSA) is 61.9 Å². The summed E-state index contributed by atoms with van der Waals surface area (Å²) in [4.78, 5) is 26.2. The number of nitrogens with zero attached hydrogens (tertiary/aromatic N) is 2. The first kappa shape index (κ1) is 23.7. The number of alkyl halides is 3. The quantitative estimate of drug-likeness (QED) is 0.713. The maximum absolute atomic E-state index is 12.6. The van der Waals surface area contributed by atoms with Gasteiger partial charge in [0.2, 0.25) is 0 Å². The number of carbonyl (C=O) groups is 2. The first-order valence-corrected chi connectivity index (χ1v) is 10.3. The molecule has 3 rings (SSSR count). The van der Waals surface area contributed by atoms with Gasteiger partial charge in [0.05, 0.1) is 10.7 Å². The van der Waals surface area contributed by atoms with Gasteiger partial charge >= 0.3 is 12.1 Å². The molecule has 0 aromatic heterocycles. The third-order valence-corrected chi connectivity index (χ3v) is 5.25. The van der Waals surface area contributed by atoms with Gasteiger partial charge in [0.15, 0.2) is 6.61 Å². The molecule has 0 radical (unpaired) electrons. The first-order valence-electron chi connectivity index (χ1n) is 9.94. The molecule has 0 bridgehead atoms. The standard InChI is InChI=1S/C22H23ClF3N3O3/c1-14-9-15(2)11-17(10-14)32-13-20(30)27-16-3-4-19(18(23)12-16)28-5-7-29(8-6-28)21(31)22(24,25)26/h3-4,9-12H,5-8,13H2,1-2H3,(H,27,30). The largest absolute Gasteiger partial charge is 0.484 e. The third kappa shape index (κ3) is 6.06. The number of piperazine rings is 1. The molecule has 2 aromatic rings. The van der Waals surface area contributed by atoms with Crippen molar-refractivity contribution in [3.05, 3.63) is 52.5 Å². The summed E-state index contributed by atoms with van der Waals surface area (Å²) >= 11 is 6.34. The molecule has 0 unspecified atom stereocenters. The van der Waals surface area contributed by atoms with Gasteiger partial charge in [-0.15, -0.1) is 0 Å². The van der Waals surface area contributed by atoms with Crippen LogP contribution in [0.4, 0.5) is 24.5 Å². The number of hydrogen-bond acceptors (Lipinski definition) is 4. The van der Waals surface area contributed by atoms with Crippen molar-refractivity contribution in [1.82, 2.24) is 4.90 Å². The number of amides is 2. The van der Waals surface area contributed by atoms with E-state index in [4.69, 9.17) is 16.3 Å². The second-order valence-electron chi connectivity index (χ2n) is 7.60. The molecule has 0 saturated carbocycles. The second kappa shape index (κ2) is 9.68. The molecule has 172 valence electrons. The summed E-state index contributed by atoms with van der Waals surface area (Å²) in [5, 5.41) is 3.05. The molecule has 32 heavy (non-hydrogen) atoms. The lowest BCUT2D eigenvalue weighted by atomic mass is 10.1. The minimum absolute atomic E-state index is 0.0526. The Hall–Kier alpha value is -2.94. The minimum atomic E-state index is -4.87. The van der Waals surface area contributed by atoms with E-state index in [2.05, 4.69) is 5.32 Å². The molecule has 0 atom stereocenters. The Kier molecular flexibility index (Phi) is 7.18. The molecule has 1 N–H and O–H groups in total. The molecule has 0 spiro atoms. The molecule has 1 heterocycles. The average Bonchev–Trinajstić information content (AvgIpc) is 2.71. The Morgan fingerprint density at radius 1 is 1.03 bits per heavy atom. The monoisotopic (exact) mass is 469 g/mol. The van der Waals surface area contributed by atoms with Crippen LogP contribution in [0.1, 0.15) is 11.1 Å². The Morgan fingerprint density at radius 3 is 2.22 bits per heavy atom. The number of aryl methyl sites for hydroxylation is 2. The lowest BCUT2D eigenvalue weighted by molar-refractivity contribution is -0.185. The summed E-state index contributed by atoms with van der Waals surface area (Å²) in [5.41, 5.74) is 3.16. The number of carbonyl (C=O) groups excluding carboxylic acids is 2. The van der Waals surface area contributed by atoms with Crippen LogP contribution in [0.15, 0.2) is 36.4 Å². The fraction of sp³-hybridized carbons (Fsp3) is 0.364. The van der Waals surface area contributed by atoms with E-state index in [1.54, 1.807) is 23.1 Å². The van der Waals surface area contributed by atoms with Gasteiger partial charge in [-0.2, -0.15) is 13.2 Å². The summed E-state index contributed by atoms with van der Waals surface area (Å²) in [5.74, 6) is -1.58. The summed E-state index contributed by atoms with van der Waals surface area (Å²) in [6.07, 6.45) is -4.87. The molecule has 6 nitrogen and oxygen atoms in total. The number of halogens is 4. The van der Waals surface area contributed by atoms with Crippen molar-refractivity contribution >= 4 is 34.8 Å². The van der Waals surface area contributed by atoms with E-state index < -0.39 is 12.1 Å². The zero-order valence-electron chi connectivity index (χ0n) is 17.6. The molecular formula is C22H23ClF3N3O3. The van der Waals surface area contributed by atoms with Crippen LogP contribution in [0.2, 0.25) is 5.02 Å². The van der Waals surface area contributed by atoms with E-state index in [1.807, 2.05) is 32.0 Å². The molecule has 10 heteroatoms. The lowest BCUT2D eigenvalue weighted by Crippen LogP contribution is -2.52. The molecule has 1 aliphatic heterocycles. The van der Waals surface area contributed by atoms with Crippen molar-refractivity contribution in [2.45, 2.75) is 20.0 Å². The summed E-state index contributed by atoms with van der Waals surface area (Å²) in [6.45, 7) is 4.05. The maximum atomic E-state index is 12.6. The van der Waals surface area contributed by atoms with E-state index >= 15 is 0 Å². The molecule has 1 aliphatic rings. The lowest BCUT2D eigenvalue weighted by Gasteiger charge is -2.36. The molecule has 2 aromatic carbocycles. The van der Waals surface area contributed by atoms with Crippen molar-refractivity contribution < 1.29 is 27.5 Å². The highest BCUT2D eigenvalue weighted by molar-refractivity contribution is 6.33. The highest BCUT2D eigenvalue weighted by Crippen LogP contribution is 2.30. The van der Waals surface area contributed by atoms with Crippen LogP contribution in [0.5, 0.6) is 5.75 Å². The Morgan fingerprint density at radius 2 is 1.66 bits per heavy atom. The number of hydrogen-bond donors (Lipinski definition) is 1. The normalized spacial score (nSPS) is 14.3. The number of nitrogens with one attached hydrogen (secondary N) is 1. The fourth-order valence-corrected chi connectivity index (χ4v) is 3.83. The van der Waals surface area contributed by atoms with Crippen molar-refractivity contribution in [2.24, 2.45) is 0 Å². The zero-order chi connectivity index (χ0) is 23.5. The molecule has 0 aliphatic carbocycles. The minimum Gasteiger partial charge on any atom is -0.484 e. The van der Waals surface area contributed by atoms with Gasteiger partial charge in [0.1, 0.15) is 5.75 Å².